The van der Waals surface area contributed by atoms with Crippen molar-refractivity contribution in [1.29, 1.82) is 0 Å². The molecule has 1 aliphatic carbocycles. The fourth-order valence-electron chi connectivity index (χ4n) is 2.66. The second-order valence-electron chi connectivity index (χ2n) is 5.29. The van der Waals surface area contributed by atoms with Crippen molar-refractivity contribution < 1.29 is 14.7 Å². The van der Waals surface area contributed by atoms with Crippen LogP contribution in [0.25, 0.3) is 0 Å². The third kappa shape index (κ3) is 3.67. The molecule has 2 rings (SSSR count). The molecule has 2 amide bonds. The normalized spacial score (nSPS) is 16.5. The lowest BCUT2D eigenvalue weighted by Gasteiger charge is -2.26. The van der Waals surface area contributed by atoms with Crippen molar-refractivity contribution in [3.05, 3.63) is 34.9 Å². The molecule has 1 aromatic rings. The van der Waals surface area contributed by atoms with Crippen LogP contribution in [-0.4, -0.2) is 35.1 Å². The number of carboxylic acids is 1. The SMILES string of the molecule is CN(C(=O)N[C@@H](C(=O)O)c1ccccc1Cl)C1CCCC1. The molecule has 0 saturated heterocycles. The van der Waals surface area contributed by atoms with Gasteiger partial charge in [-0.25, -0.2) is 9.59 Å². The molecule has 2 N–H and O–H groups in total. The number of benzene rings is 1. The molecule has 0 unspecified atom stereocenters. The van der Waals surface area contributed by atoms with Crippen LogP contribution in [0.2, 0.25) is 5.02 Å². The van der Waals surface area contributed by atoms with Gasteiger partial charge in [-0.15, -0.1) is 0 Å². The summed E-state index contributed by atoms with van der Waals surface area (Å²) in [7, 11) is 1.71. The summed E-state index contributed by atoms with van der Waals surface area (Å²) in [5.74, 6) is -1.13. The monoisotopic (exact) mass is 310 g/mol. The Hall–Kier alpha value is -1.75. The number of carboxylic acid groups (broad SMARTS) is 1. The Balaban J connectivity index is 2.11. The van der Waals surface area contributed by atoms with Gasteiger partial charge in [0.15, 0.2) is 6.04 Å². The minimum absolute atomic E-state index is 0.186. The zero-order valence-electron chi connectivity index (χ0n) is 11.9. The maximum atomic E-state index is 12.2. The van der Waals surface area contributed by atoms with Crippen molar-refractivity contribution in [3.8, 4) is 0 Å². The molecule has 1 saturated carbocycles. The van der Waals surface area contributed by atoms with Crippen LogP contribution in [0.1, 0.15) is 37.3 Å². The van der Waals surface area contributed by atoms with E-state index in [1.54, 1.807) is 36.2 Å². The number of urea groups is 1. The Labute approximate surface area is 128 Å². The topological polar surface area (TPSA) is 69.6 Å². The Bertz CT molecular complexity index is 529. The number of hydrogen-bond donors (Lipinski definition) is 2. The largest absolute Gasteiger partial charge is 0.479 e. The highest BCUT2D eigenvalue weighted by molar-refractivity contribution is 6.31. The van der Waals surface area contributed by atoms with Gasteiger partial charge in [0.05, 0.1) is 0 Å². The van der Waals surface area contributed by atoms with Crippen molar-refractivity contribution in [2.24, 2.45) is 0 Å². The van der Waals surface area contributed by atoms with Gasteiger partial charge in [0.2, 0.25) is 0 Å². The van der Waals surface area contributed by atoms with E-state index in [9.17, 15) is 14.7 Å². The first-order valence-corrected chi connectivity index (χ1v) is 7.39. The van der Waals surface area contributed by atoms with Crippen LogP contribution in [0.4, 0.5) is 4.79 Å². The van der Waals surface area contributed by atoms with E-state index in [4.69, 9.17) is 11.6 Å². The smallest absolute Gasteiger partial charge is 0.331 e. The maximum Gasteiger partial charge on any atom is 0.331 e. The molecule has 5 nitrogen and oxygen atoms in total. The van der Waals surface area contributed by atoms with E-state index in [1.165, 1.54) is 0 Å². The maximum absolute atomic E-state index is 12.2. The van der Waals surface area contributed by atoms with Gasteiger partial charge in [0, 0.05) is 23.7 Å². The lowest BCUT2D eigenvalue weighted by atomic mass is 10.1. The quantitative estimate of drug-likeness (QED) is 0.898. The third-order valence-electron chi connectivity index (χ3n) is 3.92. The Morgan fingerprint density at radius 1 is 1.33 bits per heavy atom. The zero-order valence-corrected chi connectivity index (χ0v) is 12.6. The van der Waals surface area contributed by atoms with Gasteiger partial charge in [0.25, 0.3) is 0 Å². The third-order valence-corrected chi connectivity index (χ3v) is 4.27. The molecule has 0 aliphatic heterocycles. The summed E-state index contributed by atoms with van der Waals surface area (Å²) in [4.78, 5) is 25.3. The summed E-state index contributed by atoms with van der Waals surface area (Å²) in [5, 5.41) is 12.2. The van der Waals surface area contributed by atoms with Crippen molar-refractivity contribution >= 4 is 23.6 Å². The first-order chi connectivity index (χ1) is 10.0. The van der Waals surface area contributed by atoms with Gasteiger partial charge in [-0.05, 0) is 18.9 Å². The van der Waals surface area contributed by atoms with Crippen LogP contribution in [0.3, 0.4) is 0 Å². The van der Waals surface area contributed by atoms with Gasteiger partial charge in [-0.2, -0.15) is 0 Å². The van der Waals surface area contributed by atoms with E-state index in [-0.39, 0.29) is 12.1 Å². The number of rotatable bonds is 4. The van der Waals surface area contributed by atoms with Gasteiger partial charge in [-0.3, -0.25) is 0 Å². The molecule has 1 fully saturated rings. The van der Waals surface area contributed by atoms with E-state index < -0.39 is 12.0 Å². The molecule has 0 radical (unpaired) electrons. The number of halogens is 1. The zero-order chi connectivity index (χ0) is 15.4. The molecule has 1 atom stereocenters. The average Bonchev–Trinajstić information content (AvgIpc) is 2.98. The summed E-state index contributed by atoms with van der Waals surface area (Å²) in [6.07, 6.45) is 4.14. The predicted octanol–water partition coefficient (Wildman–Crippen LogP) is 3.05. The highest BCUT2D eigenvalue weighted by atomic mass is 35.5. The van der Waals surface area contributed by atoms with Crippen LogP contribution in [0.15, 0.2) is 24.3 Å². The molecule has 1 aromatic carbocycles. The van der Waals surface area contributed by atoms with E-state index in [2.05, 4.69) is 5.32 Å². The Morgan fingerprint density at radius 3 is 2.52 bits per heavy atom. The first kappa shape index (κ1) is 15.6. The summed E-state index contributed by atoms with van der Waals surface area (Å²) >= 11 is 6.02. The second-order valence-corrected chi connectivity index (χ2v) is 5.70. The summed E-state index contributed by atoms with van der Waals surface area (Å²) in [5.41, 5.74) is 0.389. The van der Waals surface area contributed by atoms with Crippen molar-refractivity contribution in [2.75, 3.05) is 7.05 Å². The number of aliphatic carboxylic acids is 1. The Kier molecular flexibility index (Phi) is 5.07. The summed E-state index contributed by atoms with van der Waals surface area (Å²) in [6, 6.07) is 5.30. The number of hydrogen-bond acceptors (Lipinski definition) is 2. The lowest BCUT2D eigenvalue weighted by Crippen LogP contribution is -2.45. The molecule has 0 bridgehead atoms. The molecule has 6 heteroatoms. The molecule has 114 valence electrons. The molecule has 0 aromatic heterocycles. The number of carbonyl (C=O) groups is 2. The second kappa shape index (κ2) is 6.80. The summed E-state index contributed by atoms with van der Waals surface area (Å²) in [6.45, 7) is 0. The number of carbonyl (C=O) groups excluding carboxylic acids is 1. The van der Waals surface area contributed by atoms with Crippen molar-refractivity contribution in [1.82, 2.24) is 10.2 Å². The number of nitrogens with one attached hydrogen (secondary N) is 1. The van der Waals surface area contributed by atoms with Gasteiger partial charge < -0.3 is 15.3 Å². The van der Waals surface area contributed by atoms with Crippen molar-refractivity contribution in [2.45, 2.75) is 37.8 Å². The van der Waals surface area contributed by atoms with E-state index in [1.807, 2.05) is 0 Å². The fraction of sp³-hybridized carbons (Fsp3) is 0.467. The fourth-order valence-corrected chi connectivity index (χ4v) is 2.91. The van der Waals surface area contributed by atoms with E-state index >= 15 is 0 Å². The first-order valence-electron chi connectivity index (χ1n) is 7.01. The van der Waals surface area contributed by atoms with Crippen molar-refractivity contribution in [3.63, 3.8) is 0 Å². The highest BCUT2D eigenvalue weighted by Gasteiger charge is 2.29. The molecule has 0 heterocycles. The highest BCUT2D eigenvalue weighted by Crippen LogP contribution is 2.25. The molecule has 1 aliphatic rings. The minimum Gasteiger partial charge on any atom is -0.479 e. The van der Waals surface area contributed by atoms with Crippen LogP contribution >= 0.6 is 11.6 Å². The number of nitrogens with zero attached hydrogens (tertiary/aromatic N) is 1. The molecule has 0 spiro atoms. The molecular weight excluding hydrogens is 292 g/mol. The van der Waals surface area contributed by atoms with Crippen LogP contribution in [0.5, 0.6) is 0 Å². The standard InChI is InChI=1S/C15H19ClN2O3/c1-18(10-6-2-3-7-10)15(21)17-13(14(19)20)11-8-4-5-9-12(11)16/h4-5,8-10,13H,2-3,6-7H2,1H3,(H,17,21)(H,19,20)/t13-/m1/s1. The van der Waals surface area contributed by atoms with Crippen LogP contribution in [-0.2, 0) is 4.79 Å². The van der Waals surface area contributed by atoms with Crippen LogP contribution in [0, 0.1) is 0 Å². The summed E-state index contributed by atoms with van der Waals surface area (Å²) < 4.78 is 0. The minimum atomic E-state index is -1.14. The van der Waals surface area contributed by atoms with Gasteiger partial charge in [0.1, 0.15) is 0 Å². The van der Waals surface area contributed by atoms with Gasteiger partial charge in [-0.1, -0.05) is 42.6 Å². The van der Waals surface area contributed by atoms with Gasteiger partial charge >= 0.3 is 12.0 Å². The predicted molar refractivity (Wildman–Crippen MR) is 80.4 cm³/mol. The van der Waals surface area contributed by atoms with E-state index in [0.717, 1.165) is 25.7 Å². The molecular formula is C15H19ClN2O3. The lowest BCUT2D eigenvalue weighted by molar-refractivity contribution is -0.139. The average molecular weight is 311 g/mol. The Morgan fingerprint density at radius 2 is 1.95 bits per heavy atom. The molecule has 21 heavy (non-hydrogen) atoms. The number of amides is 2. The van der Waals surface area contributed by atoms with E-state index in [0.29, 0.717) is 10.6 Å². The van der Waals surface area contributed by atoms with Crippen LogP contribution < -0.4 is 5.32 Å².